The third-order valence-corrected chi connectivity index (χ3v) is 9.52. The maximum Gasteiger partial charge on any atom is 0.408 e. The van der Waals surface area contributed by atoms with Crippen LogP contribution in [0.4, 0.5) is 15.3 Å². The molecule has 1 unspecified atom stereocenters. The van der Waals surface area contributed by atoms with Crippen molar-refractivity contribution in [1.82, 2.24) is 26.6 Å². The van der Waals surface area contributed by atoms with Gasteiger partial charge in [-0.05, 0) is 62.3 Å². The molecular formula is C40H55N7O13. The van der Waals surface area contributed by atoms with Gasteiger partial charge >= 0.3 is 18.1 Å². The number of anilines is 1. The number of benzene rings is 2. The summed E-state index contributed by atoms with van der Waals surface area (Å²) in [5, 5.41) is 25.0. The van der Waals surface area contributed by atoms with Crippen LogP contribution in [0.1, 0.15) is 64.5 Å². The highest BCUT2D eigenvalue weighted by molar-refractivity contribution is 5.99. The van der Waals surface area contributed by atoms with Crippen molar-refractivity contribution >= 4 is 47.4 Å². The normalized spacial score (nSPS) is 20.4. The average Bonchev–Trinajstić information content (AvgIpc) is 3.70. The molecule has 2 fully saturated rings. The Morgan fingerprint density at radius 1 is 0.833 bits per heavy atom. The Labute approximate surface area is 347 Å². The first-order chi connectivity index (χ1) is 28.5. The van der Waals surface area contributed by atoms with Gasteiger partial charge in [0.05, 0.1) is 13.7 Å². The van der Waals surface area contributed by atoms with Crippen LogP contribution in [0.2, 0.25) is 0 Å². The van der Waals surface area contributed by atoms with Gasteiger partial charge in [0.25, 0.3) is 0 Å². The van der Waals surface area contributed by atoms with E-state index in [0.29, 0.717) is 16.8 Å². The van der Waals surface area contributed by atoms with E-state index in [1.54, 1.807) is 82.3 Å². The van der Waals surface area contributed by atoms with Crippen molar-refractivity contribution in [3.63, 3.8) is 0 Å². The molecule has 9 N–H and O–H groups in total. The number of fused-ring (bicyclic) bond motifs is 1. The molecule has 2 heterocycles. The Balaban J connectivity index is 1.46. The quantitative estimate of drug-likeness (QED) is 0.0678. The maximum absolute atomic E-state index is 13.9. The van der Waals surface area contributed by atoms with Gasteiger partial charge in [0.2, 0.25) is 23.6 Å². The number of carbonyl (C=O) groups excluding carboxylic acids is 7. The monoisotopic (exact) mass is 841 g/mol. The van der Waals surface area contributed by atoms with E-state index in [4.69, 9.17) is 29.4 Å². The fraction of sp³-hybridized carbons (Fsp3) is 0.525. The Bertz CT molecular complexity index is 1810. The second-order valence-corrected chi connectivity index (χ2v) is 15.0. The minimum Gasteiger partial charge on any atom is -0.467 e. The lowest BCUT2D eigenvalue weighted by Crippen LogP contribution is -2.58. The summed E-state index contributed by atoms with van der Waals surface area (Å²) in [5.74, 6) is -5.12. The van der Waals surface area contributed by atoms with E-state index in [2.05, 4.69) is 31.9 Å². The number of ether oxygens (including phenoxy) is 5. The zero-order valence-electron chi connectivity index (χ0n) is 34.2. The number of hydrogen-bond acceptors (Lipinski definition) is 13. The molecule has 0 spiro atoms. The summed E-state index contributed by atoms with van der Waals surface area (Å²) in [7, 11) is 1.19. The number of rotatable bonds is 20. The van der Waals surface area contributed by atoms with Gasteiger partial charge in [-0.3, -0.25) is 19.2 Å². The number of carbonyl (C=O) groups is 7. The Kier molecular flexibility index (Phi) is 17.2. The largest absolute Gasteiger partial charge is 0.467 e. The number of nitrogens with two attached hydrogens (primary N) is 1. The summed E-state index contributed by atoms with van der Waals surface area (Å²) in [6.45, 7) is 6.42. The van der Waals surface area contributed by atoms with Crippen LogP contribution in [0.3, 0.4) is 0 Å². The molecule has 0 radical (unpaired) electrons. The van der Waals surface area contributed by atoms with Crippen molar-refractivity contribution in [3.05, 3.63) is 65.7 Å². The van der Waals surface area contributed by atoms with Crippen LogP contribution in [-0.2, 0) is 60.9 Å². The van der Waals surface area contributed by atoms with Crippen LogP contribution < -0.4 is 37.6 Å². The summed E-state index contributed by atoms with van der Waals surface area (Å²) >= 11 is 0. The van der Waals surface area contributed by atoms with Crippen molar-refractivity contribution in [2.24, 2.45) is 11.7 Å². The molecule has 0 saturated carbocycles. The molecule has 7 atom stereocenters. The van der Waals surface area contributed by atoms with E-state index < -0.39 is 96.1 Å². The molecule has 2 aliphatic heterocycles. The first-order valence-electron chi connectivity index (χ1n) is 19.5. The minimum atomic E-state index is -1.40. The lowest BCUT2D eigenvalue weighted by molar-refractivity contribution is -0.198. The van der Waals surface area contributed by atoms with Crippen LogP contribution in [0.25, 0.3) is 0 Å². The van der Waals surface area contributed by atoms with E-state index in [9.17, 15) is 38.7 Å². The second-order valence-electron chi connectivity index (χ2n) is 15.0. The fourth-order valence-corrected chi connectivity index (χ4v) is 6.46. The van der Waals surface area contributed by atoms with Gasteiger partial charge in [-0.25, -0.2) is 14.4 Å². The van der Waals surface area contributed by atoms with Gasteiger partial charge in [0, 0.05) is 18.7 Å². The molecule has 0 bridgehead atoms. The number of urea groups is 1. The molecule has 0 aromatic heterocycles. The van der Waals surface area contributed by atoms with Crippen molar-refractivity contribution in [1.29, 1.82) is 0 Å². The summed E-state index contributed by atoms with van der Waals surface area (Å²) < 4.78 is 27.6. The summed E-state index contributed by atoms with van der Waals surface area (Å²) in [4.78, 5) is 91.2. The smallest absolute Gasteiger partial charge is 0.408 e. The number of primary amides is 1. The predicted molar refractivity (Wildman–Crippen MR) is 212 cm³/mol. The lowest BCUT2D eigenvalue weighted by atomic mass is 10.0. The number of aliphatic hydroxyl groups is 1. The van der Waals surface area contributed by atoms with Gasteiger partial charge in [-0.1, -0.05) is 56.3 Å². The van der Waals surface area contributed by atoms with Gasteiger partial charge in [0.1, 0.15) is 36.9 Å². The molecule has 7 amide bonds. The first-order valence-corrected chi connectivity index (χ1v) is 19.5. The summed E-state index contributed by atoms with van der Waals surface area (Å²) in [5.41, 5.74) is 6.87. The van der Waals surface area contributed by atoms with Crippen molar-refractivity contribution in [2.75, 3.05) is 19.0 Å². The van der Waals surface area contributed by atoms with E-state index in [-0.39, 0.29) is 45.4 Å². The molecule has 2 aromatic carbocycles. The Morgan fingerprint density at radius 3 is 2.13 bits per heavy atom. The number of aliphatic hydroxyl groups excluding tert-OH is 1. The molecular weight excluding hydrogens is 786 g/mol. The van der Waals surface area contributed by atoms with Crippen LogP contribution in [0.15, 0.2) is 54.6 Å². The minimum absolute atomic E-state index is 0.0687. The summed E-state index contributed by atoms with van der Waals surface area (Å²) in [6.07, 6.45) is -5.30. The fourth-order valence-electron chi connectivity index (χ4n) is 6.46. The predicted octanol–water partition coefficient (Wildman–Crippen LogP) is 0.801. The highest BCUT2D eigenvalue weighted by atomic mass is 16.8. The van der Waals surface area contributed by atoms with Gasteiger partial charge in [-0.15, -0.1) is 0 Å². The first kappa shape index (κ1) is 46.9. The van der Waals surface area contributed by atoms with Gasteiger partial charge in [-0.2, -0.15) is 0 Å². The third kappa shape index (κ3) is 13.9. The molecule has 0 aliphatic carbocycles. The number of methoxy groups -OCH3 is 1. The number of nitrogens with one attached hydrogen (secondary N) is 6. The number of esters is 1. The van der Waals surface area contributed by atoms with Crippen LogP contribution in [-0.4, -0.2) is 109 Å². The van der Waals surface area contributed by atoms with Crippen LogP contribution in [0.5, 0.6) is 0 Å². The van der Waals surface area contributed by atoms with Crippen molar-refractivity contribution in [3.8, 4) is 0 Å². The zero-order chi connectivity index (χ0) is 44.0. The second kappa shape index (κ2) is 22.0. The van der Waals surface area contributed by atoms with Gasteiger partial charge < -0.3 is 66.4 Å². The Hall–Kier alpha value is -5.83. The Morgan fingerprint density at radius 2 is 1.50 bits per heavy atom. The number of hydrogen-bond donors (Lipinski definition) is 8. The third-order valence-electron chi connectivity index (χ3n) is 9.52. The SMILES string of the molecule is COC(=O)[C@H]1OC(NC(=O)CC[C@H](NC(=O)OCc2ccccc2)C(=O)N[C@H](C(=O)N[C@@H](CCCNC(N)=O)C(=O)Nc2ccc(CO)cc2)C(C)C)[C@@H]2OC(C)(C)O[C@H]12. The molecule has 20 nitrogen and oxygen atoms in total. The zero-order valence-corrected chi connectivity index (χ0v) is 34.2. The molecule has 2 saturated heterocycles. The van der Waals surface area contributed by atoms with Gasteiger partial charge in [0.15, 0.2) is 18.1 Å². The van der Waals surface area contributed by atoms with E-state index in [0.717, 1.165) is 0 Å². The average molecular weight is 842 g/mol. The molecule has 4 rings (SSSR count). The van der Waals surface area contributed by atoms with E-state index >= 15 is 0 Å². The summed E-state index contributed by atoms with van der Waals surface area (Å²) in [6, 6.07) is 10.7. The highest BCUT2D eigenvalue weighted by Gasteiger charge is 2.58. The molecule has 328 valence electrons. The highest BCUT2D eigenvalue weighted by Crippen LogP contribution is 2.38. The standard InChI is InChI=1S/C40H55N7O13/c1-22(2)29(35(52)44-26(12-9-19-42-38(41)54)33(50)43-25-15-13-23(20-48)14-16-25)47-34(51)27(45-39(55)57-21-24-10-7-6-8-11-24)17-18-28(49)46-36-31-30(59-40(3,4)60-31)32(58-36)37(53)56-5/h6-8,10-11,13-16,22,26-27,29-32,36,48H,9,12,17-21H2,1-5H3,(H,43,50)(H,44,52)(H,45,55)(H,46,49)(H,47,51)(H3,41,42,54)/t26-,27-,29-,30-,31+,32-,36?/m0/s1. The maximum atomic E-state index is 13.9. The van der Waals surface area contributed by atoms with E-state index in [1.807, 2.05) is 0 Å². The lowest BCUT2D eigenvalue weighted by Gasteiger charge is -2.27. The van der Waals surface area contributed by atoms with E-state index in [1.165, 1.54) is 7.11 Å². The van der Waals surface area contributed by atoms with Crippen molar-refractivity contribution < 1.29 is 62.4 Å². The molecule has 2 aliphatic rings. The van der Waals surface area contributed by atoms with Crippen LogP contribution >= 0.6 is 0 Å². The van der Waals surface area contributed by atoms with Crippen LogP contribution in [0, 0.1) is 5.92 Å². The number of alkyl carbamates (subject to hydrolysis) is 1. The molecule has 2 aromatic rings. The molecule has 60 heavy (non-hydrogen) atoms. The van der Waals surface area contributed by atoms with Crippen molar-refractivity contribution in [2.45, 2.75) is 115 Å². The topological polar surface area (TPSA) is 284 Å². The molecule has 20 heteroatoms. The number of amides is 7.